The van der Waals surface area contributed by atoms with E-state index in [4.69, 9.17) is 9.84 Å². The highest BCUT2D eigenvalue weighted by Gasteiger charge is 2.28. The number of hydrogen-bond acceptors (Lipinski definition) is 4. The van der Waals surface area contributed by atoms with Crippen LogP contribution in [-0.2, 0) is 9.53 Å². The fourth-order valence-electron chi connectivity index (χ4n) is 1.66. The lowest BCUT2D eigenvalue weighted by Gasteiger charge is -2.32. The third-order valence-electron chi connectivity index (χ3n) is 2.47. The molecule has 0 aromatic carbocycles. The van der Waals surface area contributed by atoms with Crippen molar-refractivity contribution in [2.75, 3.05) is 32.0 Å². The SMILES string of the molecule is O=C(O)CC1CN(C(=O)NCCSC(F)(F)F)CCO1. The van der Waals surface area contributed by atoms with E-state index in [1.807, 2.05) is 0 Å². The van der Waals surface area contributed by atoms with E-state index < -0.39 is 23.6 Å². The predicted molar refractivity (Wildman–Crippen MR) is 65.5 cm³/mol. The Kier molecular flexibility index (Phi) is 6.40. The Balaban J connectivity index is 2.27. The van der Waals surface area contributed by atoms with Gasteiger partial charge in [0.05, 0.1) is 19.1 Å². The van der Waals surface area contributed by atoms with Crippen LogP contribution in [-0.4, -0.2) is 65.6 Å². The lowest BCUT2D eigenvalue weighted by Crippen LogP contribution is -2.50. The Morgan fingerprint density at radius 2 is 2.15 bits per heavy atom. The highest BCUT2D eigenvalue weighted by atomic mass is 32.2. The van der Waals surface area contributed by atoms with E-state index in [0.717, 1.165) is 0 Å². The largest absolute Gasteiger partial charge is 0.481 e. The molecule has 10 heteroatoms. The van der Waals surface area contributed by atoms with E-state index in [1.54, 1.807) is 0 Å². The fourth-order valence-corrected chi connectivity index (χ4v) is 2.09. The molecule has 1 unspecified atom stereocenters. The van der Waals surface area contributed by atoms with Gasteiger partial charge in [-0.3, -0.25) is 4.79 Å². The van der Waals surface area contributed by atoms with Gasteiger partial charge in [0.1, 0.15) is 0 Å². The molecule has 0 aliphatic carbocycles. The normalized spacial score (nSPS) is 19.8. The summed E-state index contributed by atoms with van der Waals surface area (Å²) >= 11 is -0.204. The first-order valence-electron chi connectivity index (χ1n) is 5.85. The van der Waals surface area contributed by atoms with Crippen LogP contribution in [0.25, 0.3) is 0 Å². The second-order valence-corrected chi connectivity index (χ2v) is 5.22. The zero-order valence-electron chi connectivity index (χ0n) is 10.5. The van der Waals surface area contributed by atoms with E-state index in [9.17, 15) is 22.8 Å². The molecule has 0 aromatic heterocycles. The number of rotatable bonds is 5. The molecular formula is C10H15F3N2O4S. The number of alkyl halides is 3. The molecule has 0 bridgehead atoms. The van der Waals surface area contributed by atoms with Gasteiger partial charge < -0.3 is 20.1 Å². The predicted octanol–water partition coefficient (Wildman–Crippen LogP) is 1.12. The van der Waals surface area contributed by atoms with Gasteiger partial charge >= 0.3 is 17.5 Å². The lowest BCUT2D eigenvalue weighted by molar-refractivity contribution is -0.141. The summed E-state index contributed by atoms with van der Waals surface area (Å²) in [6, 6.07) is -0.508. The first kappa shape index (κ1) is 16.9. The summed E-state index contributed by atoms with van der Waals surface area (Å²) in [4.78, 5) is 23.6. The minimum Gasteiger partial charge on any atom is -0.481 e. The second kappa shape index (κ2) is 7.58. The Labute approximate surface area is 117 Å². The van der Waals surface area contributed by atoms with E-state index in [-0.39, 0.29) is 50.2 Å². The summed E-state index contributed by atoms with van der Waals surface area (Å²) in [6.07, 6.45) is -0.801. The number of morpholine rings is 1. The van der Waals surface area contributed by atoms with Crippen molar-refractivity contribution < 1.29 is 32.6 Å². The zero-order valence-corrected chi connectivity index (χ0v) is 11.3. The second-order valence-electron chi connectivity index (χ2n) is 4.06. The molecule has 0 spiro atoms. The molecule has 0 saturated carbocycles. The van der Waals surface area contributed by atoms with Crippen LogP contribution in [0.15, 0.2) is 0 Å². The van der Waals surface area contributed by atoms with Crippen LogP contribution in [0.1, 0.15) is 6.42 Å². The third-order valence-corrected chi connectivity index (χ3v) is 3.21. The van der Waals surface area contributed by atoms with Gasteiger partial charge in [-0.05, 0) is 11.8 Å². The molecular weight excluding hydrogens is 301 g/mol. The quantitative estimate of drug-likeness (QED) is 0.743. The van der Waals surface area contributed by atoms with Gasteiger partial charge in [-0.25, -0.2) is 4.79 Å². The smallest absolute Gasteiger partial charge is 0.441 e. The van der Waals surface area contributed by atoms with Gasteiger partial charge in [0, 0.05) is 25.4 Å². The number of carbonyl (C=O) groups excluding carboxylic acids is 1. The summed E-state index contributed by atoms with van der Waals surface area (Å²) in [5.74, 6) is -1.29. The number of aliphatic carboxylic acids is 1. The van der Waals surface area contributed by atoms with Crippen LogP contribution in [0.3, 0.4) is 0 Å². The zero-order chi connectivity index (χ0) is 15.2. The van der Waals surface area contributed by atoms with Crippen LogP contribution in [0.2, 0.25) is 0 Å². The number of carboxylic acid groups (broad SMARTS) is 1. The summed E-state index contributed by atoms with van der Waals surface area (Å²) in [5, 5.41) is 11.0. The Bertz CT molecular complexity index is 354. The Morgan fingerprint density at radius 1 is 1.45 bits per heavy atom. The maximum atomic E-state index is 11.9. The van der Waals surface area contributed by atoms with Gasteiger partial charge in [-0.1, -0.05) is 0 Å². The standard InChI is InChI=1S/C10H15F3N2O4S/c11-10(12,13)20-4-1-14-9(18)15-2-3-19-7(6-15)5-8(16)17/h7H,1-6H2,(H,14,18)(H,16,17). The number of halogens is 3. The average molecular weight is 316 g/mol. The Hall–Kier alpha value is -1.16. The van der Waals surface area contributed by atoms with E-state index >= 15 is 0 Å². The third kappa shape index (κ3) is 6.85. The van der Waals surface area contributed by atoms with Crippen LogP contribution in [0.4, 0.5) is 18.0 Å². The summed E-state index contributed by atoms with van der Waals surface area (Å²) in [7, 11) is 0. The molecule has 1 atom stereocenters. The van der Waals surface area contributed by atoms with Gasteiger partial charge in [0.2, 0.25) is 0 Å². The van der Waals surface area contributed by atoms with Gasteiger partial charge in [-0.15, -0.1) is 0 Å². The number of urea groups is 1. The number of hydrogen-bond donors (Lipinski definition) is 2. The molecule has 116 valence electrons. The number of nitrogens with zero attached hydrogens (tertiary/aromatic N) is 1. The fraction of sp³-hybridized carbons (Fsp3) is 0.800. The molecule has 1 rings (SSSR count). The van der Waals surface area contributed by atoms with Gasteiger partial charge in [-0.2, -0.15) is 13.2 Å². The van der Waals surface area contributed by atoms with E-state index in [0.29, 0.717) is 0 Å². The van der Waals surface area contributed by atoms with Crippen LogP contribution in [0.5, 0.6) is 0 Å². The summed E-state index contributed by atoms with van der Waals surface area (Å²) in [6.45, 7) is 0.506. The maximum absolute atomic E-state index is 11.9. The first-order valence-corrected chi connectivity index (χ1v) is 6.83. The first-order chi connectivity index (χ1) is 9.28. The summed E-state index contributed by atoms with van der Waals surface area (Å²) < 4.78 is 40.8. The van der Waals surface area contributed by atoms with E-state index in [2.05, 4.69) is 5.32 Å². The minimum atomic E-state index is -4.31. The molecule has 6 nitrogen and oxygen atoms in total. The monoisotopic (exact) mass is 316 g/mol. The molecule has 20 heavy (non-hydrogen) atoms. The van der Waals surface area contributed by atoms with Gasteiger partial charge in [0.25, 0.3) is 0 Å². The molecule has 0 radical (unpaired) electrons. The van der Waals surface area contributed by atoms with Crippen molar-refractivity contribution in [1.29, 1.82) is 0 Å². The summed E-state index contributed by atoms with van der Waals surface area (Å²) in [5.41, 5.74) is -4.31. The van der Waals surface area contributed by atoms with Crippen molar-refractivity contribution in [1.82, 2.24) is 10.2 Å². The maximum Gasteiger partial charge on any atom is 0.441 e. The van der Waals surface area contributed by atoms with Crippen LogP contribution in [0, 0.1) is 0 Å². The minimum absolute atomic E-state index is 0.107. The molecule has 1 aliphatic heterocycles. The molecule has 2 amide bonds. The highest BCUT2D eigenvalue weighted by molar-refractivity contribution is 8.00. The van der Waals surface area contributed by atoms with Crippen molar-refractivity contribution in [3.05, 3.63) is 0 Å². The number of carboxylic acids is 1. The number of nitrogens with one attached hydrogen (secondary N) is 1. The molecule has 2 N–H and O–H groups in total. The number of amides is 2. The highest BCUT2D eigenvalue weighted by Crippen LogP contribution is 2.29. The van der Waals surface area contributed by atoms with E-state index in [1.165, 1.54) is 4.90 Å². The van der Waals surface area contributed by atoms with Gasteiger partial charge in [0.15, 0.2) is 0 Å². The van der Waals surface area contributed by atoms with Crippen LogP contribution >= 0.6 is 11.8 Å². The number of carbonyl (C=O) groups is 2. The van der Waals surface area contributed by atoms with Crippen molar-refractivity contribution in [2.24, 2.45) is 0 Å². The average Bonchev–Trinajstić information content (AvgIpc) is 2.32. The van der Waals surface area contributed by atoms with Crippen molar-refractivity contribution in [3.63, 3.8) is 0 Å². The molecule has 1 heterocycles. The van der Waals surface area contributed by atoms with Crippen molar-refractivity contribution >= 4 is 23.8 Å². The number of ether oxygens (including phenoxy) is 1. The number of thioether (sulfide) groups is 1. The topological polar surface area (TPSA) is 78.9 Å². The van der Waals surface area contributed by atoms with Crippen LogP contribution < -0.4 is 5.32 Å². The Morgan fingerprint density at radius 3 is 2.75 bits per heavy atom. The van der Waals surface area contributed by atoms with Crippen molar-refractivity contribution in [2.45, 2.75) is 18.0 Å². The molecule has 0 aromatic rings. The molecule has 1 fully saturated rings. The molecule has 1 saturated heterocycles. The van der Waals surface area contributed by atoms with Crippen molar-refractivity contribution in [3.8, 4) is 0 Å². The molecule has 1 aliphatic rings. The lowest BCUT2D eigenvalue weighted by atomic mass is 10.2.